The fourth-order valence-corrected chi connectivity index (χ4v) is 6.54. The molecule has 0 saturated carbocycles. The summed E-state index contributed by atoms with van der Waals surface area (Å²) in [7, 11) is -1.68. The Labute approximate surface area is 124 Å². The first-order valence-electron chi connectivity index (χ1n) is 5.77. The van der Waals surface area contributed by atoms with E-state index in [0.29, 0.717) is 0 Å². The van der Waals surface area contributed by atoms with Crippen molar-refractivity contribution in [1.29, 1.82) is 0 Å². The van der Waals surface area contributed by atoms with Crippen LogP contribution in [-0.4, -0.2) is 8.07 Å². The first-order valence-corrected chi connectivity index (χ1v) is 10.4. The van der Waals surface area contributed by atoms with Crippen LogP contribution in [0.2, 0.25) is 13.1 Å². The molecule has 2 aromatic carbocycles. The van der Waals surface area contributed by atoms with E-state index in [1.165, 1.54) is 10.4 Å². The number of rotatable bonds is 0. The summed E-state index contributed by atoms with van der Waals surface area (Å²) >= 11 is 7.18. The van der Waals surface area contributed by atoms with Crippen molar-refractivity contribution in [2.24, 2.45) is 0 Å². The van der Waals surface area contributed by atoms with Gasteiger partial charge < -0.3 is 4.74 Å². The van der Waals surface area contributed by atoms with Gasteiger partial charge in [0, 0.05) is 0 Å². The Morgan fingerprint density at radius 3 is 1.72 bits per heavy atom. The van der Waals surface area contributed by atoms with Gasteiger partial charge in [0.05, 0.1) is 8.95 Å². The highest BCUT2D eigenvalue weighted by Crippen LogP contribution is 2.37. The van der Waals surface area contributed by atoms with Crippen molar-refractivity contribution < 1.29 is 4.74 Å². The van der Waals surface area contributed by atoms with Crippen molar-refractivity contribution in [1.82, 2.24) is 0 Å². The van der Waals surface area contributed by atoms with Crippen molar-refractivity contribution in [2.45, 2.75) is 13.1 Å². The standard InChI is InChI=1S/C14H12Br2OSi/c1-18(2)11-7-3-5-9(15)13(11)17-14-10(16)6-4-8-12(14)18/h3-8H,1-2H3. The number of fused-ring (bicyclic) bond motifs is 2. The molecule has 2 aromatic rings. The van der Waals surface area contributed by atoms with Crippen molar-refractivity contribution in [3.05, 3.63) is 45.3 Å². The molecular formula is C14H12Br2OSi. The molecule has 1 aliphatic heterocycles. The molecule has 0 N–H and O–H groups in total. The van der Waals surface area contributed by atoms with Crippen LogP contribution >= 0.6 is 31.9 Å². The monoisotopic (exact) mass is 382 g/mol. The minimum absolute atomic E-state index is 0.980. The lowest BCUT2D eigenvalue weighted by atomic mass is 10.3. The predicted molar refractivity (Wildman–Crippen MR) is 85.1 cm³/mol. The van der Waals surface area contributed by atoms with Gasteiger partial charge in [-0.05, 0) is 54.4 Å². The summed E-state index contributed by atoms with van der Waals surface area (Å²) in [5.74, 6) is 1.96. The normalized spacial score (nSPS) is 15.6. The maximum absolute atomic E-state index is 6.12. The molecule has 0 radical (unpaired) electrons. The molecule has 1 heterocycles. The summed E-state index contributed by atoms with van der Waals surface area (Å²) in [4.78, 5) is 0. The molecule has 0 spiro atoms. The van der Waals surface area contributed by atoms with Crippen LogP contribution in [0.15, 0.2) is 45.3 Å². The van der Waals surface area contributed by atoms with Crippen LogP contribution in [0, 0.1) is 0 Å². The van der Waals surface area contributed by atoms with Crippen molar-refractivity contribution >= 4 is 50.3 Å². The van der Waals surface area contributed by atoms with Crippen molar-refractivity contribution in [2.75, 3.05) is 0 Å². The molecule has 0 saturated heterocycles. The predicted octanol–water partition coefficient (Wildman–Crippen LogP) is 4.14. The Bertz CT molecular complexity index is 584. The lowest BCUT2D eigenvalue weighted by Gasteiger charge is -2.33. The van der Waals surface area contributed by atoms with Gasteiger partial charge in [-0.25, -0.2) is 0 Å². The zero-order valence-electron chi connectivity index (χ0n) is 10.1. The summed E-state index contributed by atoms with van der Waals surface area (Å²) in [5, 5.41) is 2.70. The summed E-state index contributed by atoms with van der Waals surface area (Å²) in [6.45, 7) is 4.73. The van der Waals surface area contributed by atoms with Gasteiger partial charge in [-0.15, -0.1) is 0 Å². The smallest absolute Gasteiger partial charge is 0.141 e. The van der Waals surface area contributed by atoms with Gasteiger partial charge in [-0.3, -0.25) is 0 Å². The van der Waals surface area contributed by atoms with Gasteiger partial charge in [0.2, 0.25) is 0 Å². The maximum Gasteiger partial charge on any atom is 0.141 e. The minimum atomic E-state index is -1.68. The van der Waals surface area contributed by atoms with Gasteiger partial charge in [0.15, 0.2) is 0 Å². The van der Waals surface area contributed by atoms with E-state index in [-0.39, 0.29) is 0 Å². The molecule has 0 amide bonds. The zero-order chi connectivity index (χ0) is 12.9. The number of hydrogen-bond donors (Lipinski definition) is 0. The molecule has 0 atom stereocenters. The third-order valence-corrected chi connectivity index (χ3v) is 8.21. The highest BCUT2D eigenvalue weighted by Gasteiger charge is 2.37. The topological polar surface area (TPSA) is 9.23 Å². The molecule has 0 aromatic heterocycles. The van der Waals surface area contributed by atoms with Gasteiger partial charge in [-0.1, -0.05) is 37.4 Å². The van der Waals surface area contributed by atoms with E-state index in [2.05, 4.69) is 69.2 Å². The number of halogens is 2. The van der Waals surface area contributed by atoms with Crippen LogP contribution in [0.5, 0.6) is 11.5 Å². The molecule has 0 fully saturated rings. The number of benzene rings is 2. The van der Waals surface area contributed by atoms with Gasteiger partial charge in [0.25, 0.3) is 0 Å². The second-order valence-corrected chi connectivity index (χ2v) is 11.0. The molecule has 3 rings (SSSR count). The third kappa shape index (κ3) is 1.70. The molecule has 0 bridgehead atoms. The van der Waals surface area contributed by atoms with E-state index in [1.54, 1.807) is 0 Å². The van der Waals surface area contributed by atoms with Gasteiger partial charge >= 0.3 is 0 Å². The molecule has 0 unspecified atom stereocenters. The van der Waals surface area contributed by atoms with Crippen LogP contribution in [0.25, 0.3) is 0 Å². The third-order valence-electron chi connectivity index (χ3n) is 3.48. The van der Waals surface area contributed by atoms with Crippen LogP contribution in [0.4, 0.5) is 0 Å². The van der Waals surface area contributed by atoms with Crippen LogP contribution in [-0.2, 0) is 0 Å². The van der Waals surface area contributed by atoms with Crippen LogP contribution < -0.4 is 15.1 Å². The fraction of sp³-hybridized carbons (Fsp3) is 0.143. The lowest BCUT2D eigenvalue weighted by Crippen LogP contribution is -2.56. The van der Waals surface area contributed by atoms with Crippen molar-refractivity contribution in [3.8, 4) is 11.5 Å². The maximum atomic E-state index is 6.12. The molecule has 0 aliphatic carbocycles. The Morgan fingerprint density at radius 2 is 1.28 bits per heavy atom. The summed E-state index contributed by atoms with van der Waals surface area (Å²) in [5.41, 5.74) is 0. The summed E-state index contributed by atoms with van der Waals surface area (Å²) in [6.07, 6.45) is 0. The van der Waals surface area contributed by atoms with E-state index in [4.69, 9.17) is 4.74 Å². The Balaban J connectivity index is 2.33. The number of ether oxygens (including phenoxy) is 1. The molecule has 1 aliphatic rings. The van der Waals surface area contributed by atoms with E-state index in [9.17, 15) is 0 Å². The average Bonchev–Trinajstić information content (AvgIpc) is 2.32. The number of para-hydroxylation sites is 2. The molecule has 1 nitrogen and oxygen atoms in total. The highest BCUT2D eigenvalue weighted by molar-refractivity contribution is 9.11. The van der Waals surface area contributed by atoms with E-state index < -0.39 is 8.07 Å². The highest BCUT2D eigenvalue weighted by atomic mass is 79.9. The molecule has 92 valence electrons. The van der Waals surface area contributed by atoms with Crippen molar-refractivity contribution in [3.63, 3.8) is 0 Å². The SMILES string of the molecule is C[Si]1(C)c2cccc(Br)c2Oc2c(Br)cccc21. The van der Waals surface area contributed by atoms with E-state index >= 15 is 0 Å². The quantitative estimate of drug-likeness (QED) is 0.621. The van der Waals surface area contributed by atoms with Crippen LogP contribution in [0.3, 0.4) is 0 Å². The molecule has 4 heteroatoms. The Hall–Kier alpha value is -0.583. The van der Waals surface area contributed by atoms with Gasteiger partial charge in [-0.2, -0.15) is 0 Å². The largest absolute Gasteiger partial charge is 0.455 e. The Morgan fingerprint density at radius 1 is 0.833 bits per heavy atom. The average molecular weight is 384 g/mol. The minimum Gasteiger partial charge on any atom is -0.455 e. The van der Waals surface area contributed by atoms with Gasteiger partial charge in [0.1, 0.15) is 19.6 Å². The summed E-state index contributed by atoms with van der Waals surface area (Å²) in [6, 6.07) is 12.6. The summed E-state index contributed by atoms with van der Waals surface area (Å²) < 4.78 is 8.17. The molecular weight excluding hydrogens is 372 g/mol. The second kappa shape index (κ2) is 4.22. The van der Waals surface area contributed by atoms with E-state index in [0.717, 1.165) is 20.4 Å². The first-order chi connectivity index (χ1) is 8.51. The zero-order valence-corrected chi connectivity index (χ0v) is 14.3. The van der Waals surface area contributed by atoms with Crippen LogP contribution in [0.1, 0.15) is 0 Å². The fourth-order valence-electron chi connectivity index (χ4n) is 2.46. The first kappa shape index (κ1) is 12.5. The number of hydrogen-bond acceptors (Lipinski definition) is 1. The lowest BCUT2D eigenvalue weighted by molar-refractivity contribution is 0.480. The molecule has 18 heavy (non-hydrogen) atoms. The Kier molecular flexibility index (Phi) is 2.92. The van der Waals surface area contributed by atoms with E-state index in [1.807, 2.05) is 12.1 Å². The second-order valence-electron chi connectivity index (χ2n) is 4.96.